The van der Waals surface area contributed by atoms with E-state index in [1.807, 2.05) is 0 Å². The standard InChI is InChI=1S/C18H22Cl2N4O/c1-2-3-4-9-24-17(14(11-21)18(22)23-24)13-6-5-12(15(25)10-13)7-8-16(19)20/h8,10,12H,2-7,9H2,1H3,(H2,22,23). The molecule has 7 heteroatoms. The quantitative estimate of drug-likeness (QED) is 0.700. The van der Waals surface area contributed by atoms with Crippen LogP contribution in [-0.4, -0.2) is 15.6 Å². The summed E-state index contributed by atoms with van der Waals surface area (Å²) >= 11 is 11.3. The SMILES string of the molecule is CCCCCn1nc(N)c(C#N)c1C1=CC(=O)C(CC=C(Cl)Cl)CC1. The van der Waals surface area contributed by atoms with E-state index in [1.165, 1.54) is 0 Å². The predicted octanol–water partition coefficient (Wildman–Crippen LogP) is 4.60. The summed E-state index contributed by atoms with van der Waals surface area (Å²) in [6.45, 7) is 2.82. The number of rotatable bonds is 7. The molecule has 0 saturated heterocycles. The average Bonchev–Trinajstić information content (AvgIpc) is 2.89. The van der Waals surface area contributed by atoms with Gasteiger partial charge in [-0.1, -0.05) is 49.0 Å². The van der Waals surface area contributed by atoms with Crippen molar-refractivity contribution in [1.82, 2.24) is 9.78 Å². The van der Waals surface area contributed by atoms with Gasteiger partial charge in [-0.15, -0.1) is 0 Å². The maximum atomic E-state index is 12.4. The van der Waals surface area contributed by atoms with Gasteiger partial charge in [0.05, 0.1) is 5.69 Å². The highest BCUT2D eigenvalue weighted by Gasteiger charge is 2.26. The van der Waals surface area contributed by atoms with E-state index in [2.05, 4.69) is 18.1 Å². The van der Waals surface area contributed by atoms with Crippen LogP contribution in [0.3, 0.4) is 0 Å². The van der Waals surface area contributed by atoms with E-state index in [0.29, 0.717) is 37.1 Å². The molecule has 0 fully saturated rings. The molecule has 0 saturated carbocycles. The lowest BCUT2D eigenvalue weighted by Crippen LogP contribution is -2.18. The number of nitrogens with zero attached hydrogens (tertiary/aromatic N) is 3. The average molecular weight is 381 g/mol. The van der Waals surface area contributed by atoms with Crippen molar-refractivity contribution < 1.29 is 4.79 Å². The van der Waals surface area contributed by atoms with Crippen molar-refractivity contribution in [2.45, 2.75) is 52.0 Å². The molecule has 0 bridgehead atoms. The normalized spacial score (nSPS) is 17.1. The van der Waals surface area contributed by atoms with Crippen LogP contribution in [0, 0.1) is 17.2 Å². The zero-order chi connectivity index (χ0) is 18.4. The van der Waals surface area contributed by atoms with Crippen LogP contribution in [0.25, 0.3) is 5.57 Å². The first-order chi connectivity index (χ1) is 12.0. The van der Waals surface area contributed by atoms with Crippen LogP contribution in [0.4, 0.5) is 5.82 Å². The first-order valence-electron chi connectivity index (χ1n) is 8.50. The minimum Gasteiger partial charge on any atom is -0.381 e. The molecule has 1 aliphatic carbocycles. The second kappa shape index (κ2) is 9.07. The molecule has 0 amide bonds. The van der Waals surface area contributed by atoms with Gasteiger partial charge in [-0.3, -0.25) is 9.48 Å². The van der Waals surface area contributed by atoms with Crippen LogP contribution >= 0.6 is 23.2 Å². The lowest BCUT2D eigenvalue weighted by Gasteiger charge is -2.20. The third kappa shape index (κ3) is 4.87. The molecule has 0 spiro atoms. The number of halogens is 2. The van der Waals surface area contributed by atoms with Crippen LogP contribution in [0.5, 0.6) is 0 Å². The maximum absolute atomic E-state index is 12.4. The number of anilines is 1. The van der Waals surface area contributed by atoms with Crippen LogP contribution in [0.2, 0.25) is 0 Å². The van der Waals surface area contributed by atoms with Crippen LogP contribution < -0.4 is 5.73 Å². The van der Waals surface area contributed by atoms with Crippen molar-refractivity contribution in [3.05, 3.63) is 27.9 Å². The second-order valence-electron chi connectivity index (χ2n) is 6.19. The van der Waals surface area contributed by atoms with Crippen molar-refractivity contribution in [3.63, 3.8) is 0 Å². The molecule has 2 rings (SSSR count). The number of nitriles is 1. The van der Waals surface area contributed by atoms with Gasteiger partial charge < -0.3 is 5.73 Å². The first kappa shape index (κ1) is 19.6. The summed E-state index contributed by atoms with van der Waals surface area (Å²) in [6, 6.07) is 2.13. The number of nitrogens with two attached hydrogens (primary N) is 1. The molecule has 1 aromatic rings. The molecule has 2 N–H and O–H groups in total. The van der Waals surface area contributed by atoms with Crippen molar-refractivity contribution in [2.75, 3.05) is 5.73 Å². The van der Waals surface area contributed by atoms with Gasteiger partial charge in [-0.05, 0) is 37.3 Å². The number of unbranched alkanes of at least 4 members (excludes halogenated alkanes) is 2. The summed E-state index contributed by atoms with van der Waals surface area (Å²) < 4.78 is 1.95. The van der Waals surface area contributed by atoms with Crippen LogP contribution in [-0.2, 0) is 11.3 Å². The molecule has 1 aliphatic rings. The van der Waals surface area contributed by atoms with Crippen LogP contribution in [0.1, 0.15) is 56.7 Å². The fraction of sp³-hybridized carbons (Fsp3) is 0.500. The van der Waals surface area contributed by atoms with E-state index in [-0.39, 0.29) is 22.0 Å². The molecular formula is C18H22Cl2N4O. The van der Waals surface area contributed by atoms with Gasteiger partial charge >= 0.3 is 0 Å². The van der Waals surface area contributed by atoms with Gasteiger partial charge in [0.15, 0.2) is 11.6 Å². The van der Waals surface area contributed by atoms with Gasteiger partial charge in [-0.2, -0.15) is 10.4 Å². The highest BCUT2D eigenvalue weighted by molar-refractivity contribution is 6.55. The largest absolute Gasteiger partial charge is 0.381 e. The summed E-state index contributed by atoms with van der Waals surface area (Å²) in [5, 5.41) is 13.8. The summed E-state index contributed by atoms with van der Waals surface area (Å²) in [6.07, 6.45) is 8.30. The molecular weight excluding hydrogens is 359 g/mol. The third-order valence-electron chi connectivity index (χ3n) is 4.41. The van der Waals surface area contributed by atoms with E-state index >= 15 is 0 Å². The van der Waals surface area contributed by atoms with Crippen molar-refractivity contribution >= 4 is 40.4 Å². The van der Waals surface area contributed by atoms with E-state index in [0.717, 1.165) is 24.8 Å². The maximum Gasteiger partial charge on any atom is 0.164 e. The number of hydrogen-bond acceptors (Lipinski definition) is 4. The molecule has 1 heterocycles. The molecule has 134 valence electrons. The van der Waals surface area contributed by atoms with E-state index in [4.69, 9.17) is 28.9 Å². The number of nitrogen functional groups attached to an aromatic ring is 1. The van der Waals surface area contributed by atoms with Gasteiger partial charge in [0, 0.05) is 12.5 Å². The number of hydrogen-bond donors (Lipinski definition) is 1. The molecule has 0 radical (unpaired) electrons. The lowest BCUT2D eigenvalue weighted by atomic mass is 9.84. The van der Waals surface area contributed by atoms with E-state index < -0.39 is 0 Å². The lowest BCUT2D eigenvalue weighted by molar-refractivity contribution is -0.118. The first-order valence-corrected chi connectivity index (χ1v) is 9.25. The Balaban J connectivity index is 2.28. The third-order valence-corrected chi connectivity index (χ3v) is 4.72. The van der Waals surface area contributed by atoms with Crippen molar-refractivity contribution in [3.8, 4) is 6.07 Å². The van der Waals surface area contributed by atoms with Crippen molar-refractivity contribution in [1.29, 1.82) is 5.26 Å². The second-order valence-corrected chi connectivity index (χ2v) is 7.20. The minimum absolute atomic E-state index is 0.0239. The Morgan fingerprint density at radius 3 is 2.88 bits per heavy atom. The molecule has 5 nitrogen and oxygen atoms in total. The van der Waals surface area contributed by atoms with Crippen molar-refractivity contribution in [2.24, 2.45) is 5.92 Å². The van der Waals surface area contributed by atoms with E-state index in [1.54, 1.807) is 16.8 Å². The smallest absolute Gasteiger partial charge is 0.164 e. The van der Waals surface area contributed by atoms with Crippen LogP contribution in [0.15, 0.2) is 16.6 Å². The predicted molar refractivity (Wildman–Crippen MR) is 101 cm³/mol. The fourth-order valence-electron chi connectivity index (χ4n) is 3.08. The summed E-state index contributed by atoms with van der Waals surface area (Å²) in [7, 11) is 0. The Hall–Kier alpha value is -1.77. The van der Waals surface area contributed by atoms with Gasteiger partial charge in [0.2, 0.25) is 0 Å². The minimum atomic E-state index is -0.129. The Kier molecular flexibility index (Phi) is 7.10. The molecule has 1 unspecified atom stereocenters. The Morgan fingerprint density at radius 1 is 1.52 bits per heavy atom. The molecule has 1 aromatic heterocycles. The number of ketones is 1. The molecule has 0 aliphatic heterocycles. The fourth-order valence-corrected chi connectivity index (χ4v) is 3.25. The number of aryl methyl sites for hydroxylation is 1. The highest BCUT2D eigenvalue weighted by atomic mass is 35.5. The molecule has 0 aromatic carbocycles. The number of aromatic nitrogens is 2. The Morgan fingerprint density at radius 2 is 2.28 bits per heavy atom. The highest BCUT2D eigenvalue weighted by Crippen LogP contribution is 2.34. The summed E-state index contributed by atoms with van der Waals surface area (Å²) in [5.41, 5.74) is 7.78. The zero-order valence-electron chi connectivity index (χ0n) is 14.3. The molecule has 25 heavy (non-hydrogen) atoms. The van der Waals surface area contributed by atoms with E-state index in [9.17, 15) is 10.1 Å². The summed E-state index contributed by atoms with van der Waals surface area (Å²) in [4.78, 5) is 12.4. The number of carbonyl (C=O) groups is 1. The monoisotopic (exact) mass is 380 g/mol. The topological polar surface area (TPSA) is 84.7 Å². The number of carbonyl (C=O) groups excluding carboxylic acids is 1. The zero-order valence-corrected chi connectivity index (χ0v) is 15.8. The Labute approximate surface area is 158 Å². The number of allylic oxidation sites excluding steroid dienone is 3. The Bertz CT molecular complexity index is 739. The van der Waals surface area contributed by atoms with Gasteiger partial charge in [0.1, 0.15) is 16.1 Å². The van der Waals surface area contributed by atoms with Gasteiger partial charge in [0.25, 0.3) is 0 Å². The van der Waals surface area contributed by atoms with Gasteiger partial charge in [-0.25, -0.2) is 0 Å². The summed E-state index contributed by atoms with van der Waals surface area (Å²) in [5.74, 6) is 0.118. The molecule has 1 atom stereocenters.